The lowest BCUT2D eigenvalue weighted by Gasteiger charge is -2.24. The van der Waals surface area contributed by atoms with Crippen molar-refractivity contribution in [1.29, 1.82) is 0 Å². The molecule has 0 bridgehead atoms. The number of hydrogen-bond donors (Lipinski definition) is 1. The van der Waals surface area contributed by atoms with E-state index in [1.165, 1.54) is 19.2 Å². The number of carbonyl (C=O) groups is 1. The van der Waals surface area contributed by atoms with Crippen LogP contribution in [0.5, 0.6) is 5.75 Å². The van der Waals surface area contributed by atoms with Crippen LogP contribution in [0.4, 0.5) is 17.6 Å². The average Bonchev–Trinajstić information content (AvgIpc) is 3.54. The van der Waals surface area contributed by atoms with Gasteiger partial charge in [-0.25, -0.2) is 4.39 Å². The van der Waals surface area contributed by atoms with Crippen LogP contribution in [0.2, 0.25) is 0 Å². The van der Waals surface area contributed by atoms with E-state index in [0.29, 0.717) is 40.4 Å². The molecule has 0 fully saturated rings. The van der Waals surface area contributed by atoms with Gasteiger partial charge in [-0.3, -0.25) is 9.69 Å². The average molecular weight is 681 g/mol. The second kappa shape index (κ2) is 15.3. The van der Waals surface area contributed by atoms with E-state index in [0.717, 1.165) is 45.3 Å². The minimum Gasteiger partial charge on any atom is -0.496 e. The highest BCUT2D eigenvalue weighted by Crippen LogP contribution is 2.37. The summed E-state index contributed by atoms with van der Waals surface area (Å²) < 4.78 is 71.3. The number of fused-ring (bicyclic) bond motifs is 1. The zero-order chi connectivity index (χ0) is 34.4. The first kappa shape index (κ1) is 35.0. The second-order valence-electron chi connectivity index (χ2n) is 11.3. The Hall–Kier alpha value is -4.32. The van der Waals surface area contributed by atoms with Gasteiger partial charge in [0.2, 0.25) is 5.76 Å². The van der Waals surface area contributed by atoms with Crippen molar-refractivity contribution in [3.63, 3.8) is 0 Å². The molecule has 6 nitrogen and oxygen atoms in total. The van der Waals surface area contributed by atoms with Gasteiger partial charge in [0.1, 0.15) is 17.3 Å². The van der Waals surface area contributed by atoms with Crippen molar-refractivity contribution in [2.45, 2.75) is 51.1 Å². The SMILES string of the molecule is CCOC(=O)CSc1cc(-c2ccc(CN(Cc3ccc(C(F)(F)F)o3)Cc3c(C)ccc4ccccc34)cc2OC)cc(F)c1CN. The van der Waals surface area contributed by atoms with Gasteiger partial charge in [-0.1, -0.05) is 48.5 Å². The lowest BCUT2D eigenvalue weighted by molar-refractivity contribution is -0.153. The zero-order valence-electron chi connectivity index (χ0n) is 26.8. The maximum atomic E-state index is 15.3. The van der Waals surface area contributed by atoms with Crippen molar-refractivity contribution >= 4 is 28.5 Å². The number of nitrogens with two attached hydrogens (primary N) is 1. The molecule has 5 rings (SSSR count). The van der Waals surface area contributed by atoms with Crippen LogP contribution in [0.3, 0.4) is 0 Å². The highest BCUT2D eigenvalue weighted by Gasteiger charge is 2.35. The lowest BCUT2D eigenvalue weighted by atomic mass is 9.98. The van der Waals surface area contributed by atoms with Gasteiger partial charge in [0.25, 0.3) is 0 Å². The highest BCUT2D eigenvalue weighted by molar-refractivity contribution is 8.00. The number of alkyl halides is 3. The van der Waals surface area contributed by atoms with Gasteiger partial charge < -0.3 is 19.6 Å². The molecule has 0 saturated heterocycles. The minimum absolute atomic E-state index is 0.00590. The Kier molecular flexibility index (Phi) is 11.1. The third-order valence-electron chi connectivity index (χ3n) is 7.97. The van der Waals surface area contributed by atoms with Crippen molar-refractivity contribution in [3.8, 4) is 16.9 Å². The number of hydrogen-bond acceptors (Lipinski definition) is 7. The molecule has 0 atom stereocenters. The van der Waals surface area contributed by atoms with Crippen molar-refractivity contribution in [1.82, 2.24) is 4.90 Å². The Morgan fingerprint density at radius 3 is 2.46 bits per heavy atom. The Morgan fingerprint density at radius 1 is 0.958 bits per heavy atom. The molecule has 0 aliphatic heterocycles. The first-order valence-corrected chi connectivity index (χ1v) is 16.3. The molecule has 0 saturated carbocycles. The van der Waals surface area contributed by atoms with E-state index in [-0.39, 0.29) is 31.2 Å². The van der Waals surface area contributed by atoms with Gasteiger partial charge in [0.15, 0.2) is 0 Å². The zero-order valence-corrected chi connectivity index (χ0v) is 27.6. The third-order valence-corrected chi connectivity index (χ3v) is 9.02. The molecule has 48 heavy (non-hydrogen) atoms. The molecular formula is C37H36F4N2O4S. The molecule has 0 amide bonds. The summed E-state index contributed by atoms with van der Waals surface area (Å²) in [4.78, 5) is 14.5. The maximum Gasteiger partial charge on any atom is 0.449 e. The van der Waals surface area contributed by atoms with Crippen LogP contribution in [0, 0.1) is 12.7 Å². The molecule has 0 unspecified atom stereocenters. The molecule has 5 aromatic rings. The number of benzene rings is 4. The van der Waals surface area contributed by atoms with E-state index < -0.39 is 23.7 Å². The van der Waals surface area contributed by atoms with Gasteiger partial charge in [0.05, 0.1) is 26.0 Å². The minimum atomic E-state index is -4.59. The van der Waals surface area contributed by atoms with E-state index in [1.54, 1.807) is 13.0 Å². The fourth-order valence-electron chi connectivity index (χ4n) is 5.65. The summed E-state index contributed by atoms with van der Waals surface area (Å²) in [6, 6.07) is 23.1. The number of aryl methyl sites for hydroxylation is 1. The normalized spacial score (nSPS) is 11.8. The number of thioether (sulfide) groups is 1. The molecule has 1 aromatic heterocycles. The highest BCUT2D eigenvalue weighted by atomic mass is 32.2. The Morgan fingerprint density at radius 2 is 1.75 bits per heavy atom. The standard InChI is InChI=1S/C37H36F4N2O4S/c1-4-46-36(44)22-48-34-17-26(16-32(38)30(34)18-42)29-13-10-24(15-33(29)45-3)19-43(20-27-12-14-35(47-27)37(39,40)41)21-31-23(2)9-11-25-7-5-6-8-28(25)31/h5-17H,4,18-22,42H2,1-3H3. The van der Waals surface area contributed by atoms with Gasteiger partial charge in [-0.05, 0) is 77.2 Å². The van der Waals surface area contributed by atoms with Crippen LogP contribution in [-0.4, -0.2) is 30.3 Å². The van der Waals surface area contributed by atoms with E-state index in [1.807, 2.05) is 66.4 Å². The van der Waals surface area contributed by atoms with E-state index in [2.05, 4.69) is 0 Å². The van der Waals surface area contributed by atoms with Crippen molar-refractivity contribution in [2.75, 3.05) is 19.5 Å². The van der Waals surface area contributed by atoms with E-state index in [4.69, 9.17) is 19.6 Å². The number of methoxy groups -OCH3 is 1. The van der Waals surface area contributed by atoms with E-state index in [9.17, 15) is 18.0 Å². The summed E-state index contributed by atoms with van der Waals surface area (Å²) in [5.74, 6) is -1.28. The summed E-state index contributed by atoms with van der Waals surface area (Å²) in [7, 11) is 1.52. The molecule has 2 N–H and O–H groups in total. The van der Waals surface area contributed by atoms with Crippen LogP contribution in [0.1, 0.15) is 40.7 Å². The number of esters is 1. The molecule has 0 aliphatic carbocycles. The molecule has 0 spiro atoms. The van der Waals surface area contributed by atoms with Crippen molar-refractivity contribution in [3.05, 3.63) is 118 Å². The summed E-state index contributed by atoms with van der Waals surface area (Å²) in [5, 5.41) is 2.12. The van der Waals surface area contributed by atoms with Crippen LogP contribution < -0.4 is 10.5 Å². The number of furan rings is 1. The third kappa shape index (κ3) is 8.21. The Labute approximate surface area is 280 Å². The summed E-state index contributed by atoms with van der Waals surface area (Å²) >= 11 is 1.15. The first-order valence-electron chi connectivity index (χ1n) is 15.3. The molecule has 1 heterocycles. The van der Waals surface area contributed by atoms with Crippen LogP contribution in [0.25, 0.3) is 21.9 Å². The van der Waals surface area contributed by atoms with Crippen LogP contribution in [0.15, 0.2) is 88.2 Å². The molecule has 0 aliphatic rings. The number of rotatable bonds is 13. The van der Waals surface area contributed by atoms with Gasteiger partial charge in [0, 0.05) is 35.7 Å². The Bertz CT molecular complexity index is 1910. The Balaban J connectivity index is 1.48. The first-order chi connectivity index (χ1) is 23.0. The maximum absolute atomic E-state index is 15.3. The van der Waals surface area contributed by atoms with E-state index >= 15 is 4.39 Å². The fraction of sp³-hybridized carbons (Fsp3) is 0.270. The molecule has 0 radical (unpaired) electrons. The lowest BCUT2D eigenvalue weighted by Crippen LogP contribution is -2.23. The molecule has 11 heteroatoms. The largest absolute Gasteiger partial charge is 0.496 e. The van der Waals surface area contributed by atoms with Crippen molar-refractivity contribution in [2.24, 2.45) is 5.73 Å². The van der Waals surface area contributed by atoms with Gasteiger partial charge in [-0.15, -0.1) is 11.8 Å². The van der Waals surface area contributed by atoms with Crippen molar-refractivity contribution < 1.29 is 36.2 Å². The number of carbonyl (C=O) groups excluding carboxylic acids is 1. The van der Waals surface area contributed by atoms with Crippen LogP contribution >= 0.6 is 11.8 Å². The predicted molar refractivity (Wildman–Crippen MR) is 179 cm³/mol. The topological polar surface area (TPSA) is 77.9 Å². The quantitative estimate of drug-likeness (QED) is 0.0756. The molecule has 252 valence electrons. The number of nitrogens with zero attached hydrogens (tertiary/aromatic N) is 1. The summed E-state index contributed by atoms with van der Waals surface area (Å²) in [6.07, 6.45) is -4.59. The van der Waals surface area contributed by atoms with Gasteiger partial charge in [-0.2, -0.15) is 13.2 Å². The smallest absolute Gasteiger partial charge is 0.449 e. The number of halogens is 4. The van der Waals surface area contributed by atoms with Gasteiger partial charge >= 0.3 is 12.1 Å². The van der Waals surface area contributed by atoms with Crippen LogP contribution in [-0.2, 0) is 41.9 Å². The second-order valence-corrected chi connectivity index (χ2v) is 12.3. The number of ether oxygens (including phenoxy) is 2. The molecular weight excluding hydrogens is 644 g/mol. The molecule has 4 aromatic carbocycles. The summed E-state index contributed by atoms with van der Waals surface area (Å²) in [5.41, 5.74) is 10.2. The fourth-order valence-corrected chi connectivity index (χ4v) is 6.57. The summed E-state index contributed by atoms with van der Waals surface area (Å²) in [6.45, 7) is 4.84. The monoisotopic (exact) mass is 680 g/mol. The predicted octanol–water partition coefficient (Wildman–Crippen LogP) is 8.89.